The van der Waals surface area contributed by atoms with E-state index < -0.39 is 0 Å². The lowest BCUT2D eigenvalue weighted by Gasteiger charge is -2.17. The van der Waals surface area contributed by atoms with Crippen LogP contribution in [0.4, 0.5) is 0 Å². The minimum absolute atomic E-state index is 0.0101. The summed E-state index contributed by atoms with van der Waals surface area (Å²) in [4.78, 5) is 19.6. The molecule has 0 unspecified atom stereocenters. The molecule has 4 nitrogen and oxygen atoms in total. The van der Waals surface area contributed by atoms with Crippen LogP contribution in [0, 0.1) is 6.92 Å². The number of hydrogen-bond donors (Lipinski definition) is 0. The molecule has 24 heavy (non-hydrogen) atoms. The summed E-state index contributed by atoms with van der Waals surface area (Å²) in [6, 6.07) is 11.4. The van der Waals surface area contributed by atoms with Gasteiger partial charge in [-0.2, -0.15) is 0 Å². The lowest BCUT2D eigenvalue weighted by Crippen LogP contribution is -2.28. The summed E-state index contributed by atoms with van der Waals surface area (Å²) in [5.41, 5.74) is 1.68. The first kappa shape index (κ1) is 16.7. The third kappa shape index (κ3) is 3.86. The van der Waals surface area contributed by atoms with Crippen LogP contribution in [0.5, 0.6) is 0 Å². The van der Waals surface area contributed by atoms with E-state index >= 15 is 0 Å². The number of carbonyl (C=O) groups is 1. The number of nitrogens with zero attached hydrogens (tertiary/aromatic N) is 2. The third-order valence-corrected chi connectivity index (χ3v) is 4.77. The molecule has 0 fully saturated rings. The Labute approximate surface area is 149 Å². The maximum absolute atomic E-state index is 12.5. The SMILES string of the molecule is Cc1oc(-c2cccs2)nc1CC(=O)N(C)Cc1cccc(Cl)c1. The van der Waals surface area contributed by atoms with Crippen molar-refractivity contribution in [1.82, 2.24) is 9.88 Å². The molecule has 0 atom stereocenters. The molecule has 0 saturated carbocycles. The number of oxazole rings is 1. The van der Waals surface area contributed by atoms with Crippen LogP contribution in [0.1, 0.15) is 17.0 Å². The predicted molar refractivity (Wildman–Crippen MR) is 96.2 cm³/mol. The zero-order valence-electron chi connectivity index (χ0n) is 13.5. The van der Waals surface area contributed by atoms with Crippen molar-refractivity contribution in [2.45, 2.75) is 19.9 Å². The van der Waals surface area contributed by atoms with E-state index in [1.807, 2.05) is 48.7 Å². The van der Waals surface area contributed by atoms with Crippen LogP contribution < -0.4 is 0 Å². The van der Waals surface area contributed by atoms with Crippen LogP contribution >= 0.6 is 22.9 Å². The summed E-state index contributed by atoms with van der Waals surface area (Å²) >= 11 is 7.55. The van der Waals surface area contributed by atoms with E-state index in [0.29, 0.717) is 28.9 Å². The van der Waals surface area contributed by atoms with E-state index in [0.717, 1.165) is 10.4 Å². The van der Waals surface area contributed by atoms with Crippen molar-refractivity contribution in [3.05, 3.63) is 63.8 Å². The van der Waals surface area contributed by atoms with Crippen LogP contribution in [-0.4, -0.2) is 22.8 Å². The van der Waals surface area contributed by atoms with Crippen LogP contribution in [0.15, 0.2) is 46.2 Å². The average Bonchev–Trinajstić information content (AvgIpc) is 3.17. The Morgan fingerprint density at radius 2 is 2.17 bits per heavy atom. The Morgan fingerprint density at radius 3 is 2.88 bits per heavy atom. The van der Waals surface area contributed by atoms with E-state index in [4.69, 9.17) is 16.0 Å². The zero-order valence-corrected chi connectivity index (χ0v) is 15.0. The maximum Gasteiger partial charge on any atom is 0.236 e. The van der Waals surface area contributed by atoms with Gasteiger partial charge in [0.1, 0.15) is 5.76 Å². The van der Waals surface area contributed by atoms with Crippen molar-refractivity contribution in [3.63, 3.8) is 0 Å². The van der Waals surface area contributed by atoms with Crippen molar-refractivity contribution >= 4 is 28.8 Å². The molecular weight excluding hydrogens is 344 g/mol. The van der Waals surface area contributed by atoms with Gasteiger partial charge in [-0.05, 0) is 36.1 Å². The Kier molecular flexibility index (Phi) is 5.02. The quantitative estimate of drug-likeness (QED) is 0.669. The van der Waals surface area contributed by atoms with Gasteiger partial charge in [-0.1, -0.05) is 29.8 Å². The summed E-state index contributed by atoms with van der Waals surface area (Å²) in [7, 11) is 1.78. The van der Waals surface area contributed by atoms with Gasteiger partial charge in [0.15, 0.2) is 0 Å². The molecule has 0 spiro atoms. The Balaban J connectivity index is 1.68. The van der Waals surface area contributed by atoms with E-state index in [1.54, 1.807) is 23.3 Å². The summed E-state index contributed by atoms with van der Waals surface area (Å²) in [6.07, 6.45) is 0.220. The molecule has 0 saturated heterocycles. The van der Waals surface area contributed by atoms with Gasteiger partial charge in [-0.15, -0.1) is 11.3 Å². The highest BCUT2D eigenvalue weighted by Crippen LogP contribution is 2.26. The molecular formula is C18H17ClN2O2S. The fourth-order valence-electron chi connectivity index (χ4n) is 2.37. The largest absolute Gasteiger partial charge is 0.440 e. The van der Waals surface area contributed by atoms with Crippen molar-refractivity contribution in [1.29, 1.82) is 0 Å². The number of hydrogen-bond acceptors (Lipinski definition) is 4. The minimum Gasteiger partial charge on any atom is -0.440 e. The fourth-order valence-corrected chi connectivity index (χ4v) is 3.24. The second kappa shape index (κ2) is 7.20. The maximum atomic E-state index is 12.5. The molecule has 2 aromatic heterocycles. The molecule has 0 aliphatic rings. The van der Waals surface area contributed by atoms with Crippen molar-refractivity contribution < 1.29 is 9.21 Å². The Morgan fingerprint density at radius 1 is 1.33 bits per heavy atom. The lowest BCUT2D eigenvalue weighted by atomic mass is 10.2. The second-order valence-corrected chi connectivity index (χ2v) is 6.94. The first-order valence-corrected chi connectivity index (χ1v) is 8.77. The minimum atomic E-state index is -0.0101. The first-order valence-electron chi connectivity index (χ1n) is 7.51. The first-order chi connectivity index (χ1) is 11.5. The molecule has 0 N–H and O–H groups in total. The third-order valence-electron chi connectivity index (χ3n) is 3.68. The number of likely N-dealkylation sites (N-methyl/N-ethyl adjacent to an activating group) is 1. The summed E-state index contributed by atoms with van der Waals surface area (Å²) in [5.74, 6) is 1.25. The van der Waals surface area contributed by atoms with Crippen LogP contribution in [0.25, 0.3) is 10.8 Å². The lowest BCUT2D eigenvalue weighted by molar-refractivity contribution is -0.129. The smallest absolute Gasteiger partial charge is 0.236 e. The topological polar surface area (TPSA) is 46.3 Å². The van der Waals surface area contributed by atoms with E-state index in [9.17, 15) is 4.79 Å². The monoisotopic (exact) mass is 360 g/mol. The molecule has 1 amide bonds. The molecule has 3 rings (SSSR count). The molecule has 1 aromatic carbocycles. The standard InChI is InChI=1S/C18H17ClN2O2S/c1-12-15(20-18(23-12)16-7-4-8-24-16)10-17(22)21(2)11-13-5-3-6-14(19)9-13/h3-9H,10-11H2,1-2H3. The molecule has 0 aliphatic heterocycles. The zero-order chi connectivity index (χ0) is 17.1. The highest BCUT2D eigenvalue weighted by Gasteiger charge is 2.17. The van der Waals surface area contributed by atoms with Gasteiger partial charge in [0.05, 0.1) is 17.0 Å². The van der Waals surface area contributed by atoms with Crippen LogP contribution in [0.3, 0.4) is 0 Å². The summed E-state index contributed by atoms with van der Waals surface area (Å²) in [5, 5.41) is 2.64. The highest BCUT2D eigenvalue weighted by molar-refractivity contribution is 7.13. The highest BCUT2D eigenvalue weighted by atomic mass is 35.5. The van der Waals surface area contributed by atoms with Gasteiger partial charge < -0.3 is 9.32 Å². The fraction of sp³-hybridized carbons (Fsp3) is 0.222. The number of halogens is 1. The van der Waals surface area contributed by atoms with E-state index in [1.165, 1.54) is 0 Å². The number of aromatic nitrogens is 1. The average molecular weight is 361 g/mol. The predicted octanol–water partition coefficient (Wildman–Crippen LogP) is 4.57. The molecule has 0 bridgehead atoms. The second-order valence-electron chi connectivity index (χ2n) is 5.56. The molecule has 6 heteroatoms. The summed E-state index contributed by atoms with van der Waals surface area (Å²) < 4.78 is 5.68. The number of rotatable bonds is 5. The van der Waals surface area contributed by atoms with E-state index in [2.05, 4.69) is 4.98 Å². The van der Waals surface area contributed by atoms with Gasteiger partial charge in [0, 0.05) is 18.6 Å². The number of carbonyl (C=O) groups excluding carboxylic acids is 1. The Bertz CT molecular complexity index is 843. The molecule has 124 valence electrons. The van der Waals surface area contributed by atoms with Gasteiger partial charge in [0.2, 0.25) is 11.8 Å². The number of aryl methyl sites for hydroxylation is 1. The van der Waals surface area contributed by atoms with Crippen LogP contribution in [-0.2, 0) is 17.8 Å². The van der Waals surface area contributed by atoms with Crippen molar-refractivity contribution in [3.8, 4) is 10.8 Å². The van der Waals surface area contributed by atoms with Gasteiger partial charge in [-0.25, -0.2) is 4.98 Å². The number of amides is 1. The molecule has 2 heterocycles. The van der Waals surface area contributed by atoms with Gasteiger partial charge in [0.25, 0.3) is 0 Å². The Hall–Kier alpha value is -2.11. The van der Waals surface area contributed by atoms with Crippen molar-refractivity contribution in [2.75, 3.05) is 7.05 Å². The van der Waals surface area contributed by atoms with E-state index in [-0.39, 0.29) is 12.3 Å². The van der Waals surface area contributed by atoms with Gasteiger partial charge >= 0.3 is 0 Å². The molecule has 0 radical (unpaired) electrons. The normalized spacial score (nSPS) is 10.8. The summed E-state index contributed by atoms with van der Waals surface area (Å²) in [6.45, 7) is 2.35. The molecule has 3 aromatic rings. The number of thiophene rings is 1. The van der Waals surface area contributed by atoms with Gasteiger partial charge in [-0.3, -0.25) is 4.79 Å². The molecule has 0 aliphatic carbocycles. The van der Waals surface area contributed by atoms with Crippen LogP contribution in [0.2, 0.25) is 5.02 Å². The van der Waals surface area contributed by atoms with Crippen molar-refractivity contribution in [2.24, 2.45) is 0 Å². The number of benzene rings is 1.